The summed E-state index contributed by atoms with van der Waals surface area (Å²) in [5.41, 5.74) is 6.26. The number of halogens is 1. The van der Waals surface area contributed by atoms with E-state index in [-0.39, 0.29) is 11.0 Å². The number of rotatable bonds is 3. The molecule has 2 aliphatic rings. The summed E-state index contributed by atoms with van der Waals surface area (Å²) in [6, 6.07) is 5.31. The van der Waals surface area contributed by atoms with Gasteiger partial charge in [-0.2, -0.15) is 8.42 Å². The molecule has 0 amide bonds. The van der Waals surface area contributed by atoms with Crippen molar-refractivity contribution in [2.45, 2.75) is 36.3 Å². The van der Waals surface area contributed by atoms with Crippen LogP contribution in [-0.2, 0) is 14.3 Å². The molecule has 7 heteroatoms. The van der Waals surface area contributed by atoms with E-state index in [1.165, 1.54) is 18.2 Å². The molecule has 1 saturated carbocycles. The van der Waals surface area contributed by atoms with Gasteiger partial charge in [-0.25, -0.2) is 4.39 Å². The molecule has 1 aliphatic carbocycles. The zero-order valence-corrected chi connectivity index (χ0v) is 11.7. The Morgan fingerprint density at radius 2 is 2.15 bits per heavy atom. The third-order valence-electron chi connectivity index (χ3n) is 3.93. The number of benzene rings is 1. The van der Waals surface area contributed by atoms with Gasteiger partial charge in [-0.1, -0.05) is 6.07 Å². The molecule has 1 heterocycles. The molecule has 20 heavy (non-hydrogen) atoms. The second-order valence-corrected chi connectivity index (χ2v) is 6.91. The molecule has 0 aromatic heterocycles. The highest BCUT2D eigenvalue weighted by molar-refractivity contribution is 7.86. The van der Waals surface area contributed by atoms with Crippen LogP contribution in [0.5, 0.6) is 0 Å². The van der Waals surface area contributed by atoms with Crippen LogP contribution in [0.3, 0.4) is 0 Å². The third kappa shape index (κ3) is 2.85. The fourth-order valence-corrected chi connectivity index (χ4v) is 4.05. The SMILES string of the molecule is O=S(=O)(OC1CCC2NNCC2C1)c1cccc(F)c1. The van der Waals surface area contributed by atoms with Crippen LogP contribution in [0.25, 0.3) is 0 Å². The van der Waals surface area contributed by atoms with Crippen molar-refractivity contribution in [1.82, 2.24) is 10.9 Å². The number of hydrogen-bond donors (Lipinski definition) is 2. The summed E-state index contributed by atoms with van der Waals surface area (Å²) in [5, 5.41) is 0. The Hall–Kier alpha value is -1.02. The van der Waals surface area contributed by atoms with Gasteiger partial charge in [0, 0.05) is 12.6 Å². The molecule has 3 atom stereocenters. The molecule has 2 fully saturated rings. The van der Waals surface area contributed by atoms with E-state index in [1.54, 1.807) is 0 Å². The largest absolute Gasteiger partial charge is 0.297 e. The summed E-state index contributed by atoms with van der Waals surface area (Å²) < 4.78 is 42.6. The average Bonchev–Trinajstić information content (AvgIpc) is 2.85. The minimum Gasteiger partial charge on any atom is -0.263 e. The summed E-state index contributed by atoms with van der Waals surface area (Å²) in [6.45, 7) is 0.824. The lowest BCUT2D eigenvalue weighted by Crippen LogP contribution is -2.38. The average molecular weight is 300 g/mol. The zero-order valence-electron chi connectivity index (χ0n) is 10.9. The second kappa shape index (κ2) is 5.40. The van der Waals surface area contributed by atoms with Gasteiger partial charge in [0.25, 0.3) is 10.1 Å². The summed E-state index contributed by atoms with van der Waals surface area (Å²) in [5.74, 6) is -0.195. The molecule has 3 unspecified atom stereocenters. The molecule has 1 aromatic rings. The Balaban J connectivity index is 1.70. The van der Waals surface area contributed by atoms with Gasteiger partial charge in [0.15, 0.2) is 0 Å². The first-order chi connectivity index (χ1) is 9.54. The van der Waals surface area contributed by atoms with Crippen LogP contribution in [-0.4, -0.2) is 27.1 Å². The summed E-state index contributed by atoms with van der Waals surface area (Å²) >= 11 is 0. The number of nitrogens with one attached hydrogen (secondary N) is 2. The van der Waals surface area contributed by atoms with Crippen molar-refractivity contribution in [2.24, 2.45) is 5.92 Å². The van der Waals surface area contributed by atoms with Gasteiger partial charge in [0.05, 0.1) is 11.0 Å². The predicted octanol–water partition coefficient (Wildman–Crippen LogP) is 1.18. The molecule has 2 N–H and O–H groups in total. The fraction of sp³-hybridized carbons (Fsp3) is 0.538. The van der Waals surface area contributed by atoms with E-state index in [0.717, 1.165) is 19.0 Å². The van der Waals surface area contributed by atoms with Crippen molar-refractivity contribution in [3.63, 3.8) is 0 Å². The molecular weight excluding hydrogens is 283 g/mol. The van der Waals surface area contributed by atoms with E-state index in [4.69, 9.17) is 4.18 Å². The van der Waals surface area contributed by atoms with Gasteiger partial charge >= 0.3 is 0 Å². The molecule has 1 saturated heterocycles. The van der Waals surface area contributed by atoms with Crippen LogP contribution >= 0.6 is 0 Å². The molecule has 1 aliphatic heterocycles. The maximum atomic E-state index is 13.1. The lowest BCUT2D eigenvalue weighted by atomic mass is 9.84. The first-order valence-corrected chi connectivity index (χ1v) is 8.13. The highest BCUT2D eigenvalue weighted by Gasteiger charge is 2.36. The van der Waals surface area contributed by atoms with Crippen LogP contribution in [0, 0.1) is 11.7 Å². The van der Waals surface area contributed by atoms with E-state index in [2.05, 4.69) is 10.9 Å². The molecule has 3 rings (SSSR count). The van der Waals surface area contributed by atoms with Gasteiger partial charge < -0.3 is 0 Å². The second-order valence-electron chi connectivity index (χ2n) is 5.33. The van der Waals surface area contributed by atoms with Gasteiger partial charge in [-0.05, 0) is 43.4 Å². The predicted molar refractivity (Wildman–Crippen MR) is 70.7 cm³/mol. The number of fused-ring (bicyclic) bond motifs is 1. The normalized spacial score (nSPS) is 30.1. The number of hydrazine groups is 1. The smallest absolute Gasteiger partial charge is 0.263 e. The summed E-state index contributed by atoms with van der Waals surface area (Å²) in [6.07, 6.45) is 1.93. The number of hydrogen-bond acceptors (Lipinski definition) is 5. The Bertz CT molecular complexity index is 593. The van der Waals surface area contributed by atoms with Gasteiger partial charge in [-0.3, -0.25) is 15.0 Å². The summed E-state index contributed by atoms with van der Waals surface area (Å²) in [4.78, 5) is -0.123. The minimum absolute atomic E-state index is 0.123. The monoisotopic (exact) mass is 300 g/mol. The van der Waals surface area contributed by atoms with Crippen LogP contribution < -0.4 is 10.9 Å². The molecule has 5 nitrogen and oxygen atoms in total. The first-order valence-electron chi connectivity index (χ1n) is 6.72. The molecular formula is C13H17FN2O3S. The molecule has 1 aromatic carbocycles. The minimum atomic E-state index is -3.89. The summed E-state index contributed by atoms with van der Waals surface area (Å²) in [7, 11) is -3.89. The topological polar surface area (TPSA) is 67.4 Å². The van der Waals surface area contributed by atoms with Crippen molar-refractivity contribution in [1.29, 1.82) is 0 Å². The van der Waals surface area contributed by atoms with Gasteiger partial charge in [-0.15, -0.1) is 0 Å². The van der Waals surface area contributed by atoms with E-state index in [1.807, 2.05) is 0 Å². The van der Waals surface area contributed by atoms with Crippen molar-refractivity contribution in [3.05, 3.63) is 30.1 Å². The van der Waals surface area contributed by atoms with Crippen LogP contribution in [0.2, 0.25) is 0 Å². The van der Waals surface area contributed by atoms with Crippen LogP contribution in [0.1, 0.15) is 19.3 Å². The maximum Gasteiger partial charge on any atom is 0.297 e. The van der Waals surface area contributed by atoms with E-state index in [0.29, 0.717) is 24.8 Å². The van der Waals surface area contributed by atoms with Gasteiger partial charge in [0.1, 0.15) is 5.82 Å². The highest BCUT2D eigenvalue weighted by atomic mass is 32.2. The van der Waals surface area contributed by atoms with Crippen molar-refractivity contribution >= 4 is 10.1 Å². The quantitative estimate of drug-likeness (QED) is 0.821. The Morgan fingerprint density at radius 3 is 2.95 bits per heavy atom. The Labute approximate surface area is 117 Å². The lowest BCUT2D eigenvalue weighted by Gasteiger charge is -2.30. The van der Waals surface area contributed by atoms with Crippen LogP contribution in [0.15, 0.2) is 29.2 Å². The molecule has 0 spiro atoms. The fourth-order valence-electron chi connectivity index (χ4n) is 2.90. The van der Waals surface area contributed by atoms with E-state index in [9.17, 15) is 12.8 Å². The van der Waals surface area contributed by atoms with Crippen molar-refractivity contribution in [2.75, 3.05) is 6.54 Å². The Morgan fingerprint density at radius 1 is 1.30 bits per heavy atom. The first kappa shape index (κ1) is 13.9. The zero-order chi connectivity index (χ0) is 14.2. The molecule has 0 radical (unpaired) electrons. The van der Waals surface area contributed by atoms with Gasteiger partial charge in [0.2, 0.25) is 0 Å². The maximum absolute atomic E-state index is 13.1. The Kier molecular flexibility index (Phi) is 3.76. The highest BCUT2D eigenvalue weighted by Crippen LogP contribution is 2.30. The third-order valence-corrected chi connectivity index (χ3v) is 5.29. The molecule has 110 valence electrons. The van der Waals surface area contributed by atoms with Crippen molar-refractivity contribution < 1.29 is 17.0 Å². The van der Waals surface area contributed by atoms with Crippen LogP contribution in [0.4, 0.5) is 4.39 Å². The van der Waals surface area contributed by atoms with Crippen molar-refractivity contribution in [3.8, 4) is 0 Å². The standard InChI is InChI=1S/C13H17FN2O3S/c14-10-2-1-3-12(7-10)20(17,18)19-11-4-5-13-9(6-11)8-15-16-13/h1-3,7,9,11,13,15-16H,4-6,8H2. The van der Waals surface area contributed by atoms with E-state index >= 15 is 0 Å². The van der Waals surface area contributed by atoms with E-state index < -0.39 is 15.9 Å². The molecule has 0 bridgehead atoms. The lowest BCUT2D eigenvalue weighted by molar-refractivity contribution is 0.126.